The van der Waals surface area contributed by atoms with Crippen molar-refractivity contribution < 1.29 is 8.78 Å². The van der Waals surface area contributed by atoms with Crippen molar-refractivity contribution in [3.8, 4) is 0 Å². The highest BCUT2D eigenvalue weighted by Gasteiger charge is 2.30. The molecule has 1 aliphatic heterocycles. The van der Waals surface area contributed by atoms with Crippen LogP contribution in [-0.2, 0) is 6.42 Å². The van der Waals surface area contributed by atoms with Crippen LogP contribution in [0.4, 0.5) is 8.78 Å². The fourth-order valence-corrected chi connectivity index (χ4v) is 9.18. The molecule has 0 amide bonds. The molecule has 0 N–H and O–H groups in total. The lowest BCUT2D eigenvalue weighted by atomic mass is 9.73. The summed E-state index contributed by atoms with van der Waals surface area (Å²) in [6, 6.07) is 9.23. The van der Waals surface area contributed by atoms with Gasteiger partial charge in [0.1, 0.15) is 0 Å². The maximum absolute atomic E-state index is 13.3. The lowest BCUT2D eigenvalue weighted by Crippen LogP contribution is -2.28. The Labute approximate surface area is 166 Å². The molecule has 2 aliphatic rings. The average molecular weight is 393 g/mol. The molecule has 1 saturated heterocycles. The Bertz CT molecular complexity index is 557. The standard InChI is InChI=1S/C24H38F2Si/c1-2-3-4-15-27-16-13-22(14-17-27)21-10-7-19(8-11-21)5-6-20-9-12-23(25)24(26)18-20/h9,12,18-19,21-22,27H,2-8,10-11,13-17H2,1H3/t19?,21?,22-,27-. The Hall–Kier alpha value is -0.703. The Kier molecular flexibility index (Phi) is 8.36. The molecule has 0 aromatic heterocycles. The zero-order chi connectivity index (χ0) is 19.1. The van der Waals surface area contributed by atoms with E-state index < -0.39 is 11.6 Å². The first-order chi connectivity index (χ1) is 13.2. The minimum atomic E-state index is -0.734. The van der Waals surface area contributed by atoms with E-state index in [0.29, 0.717) is 0 Å². The van der Waals surface area contributed by atoms with Gasteiger partial charge in [0.15, 0.2) is 11.6 Å². The zero-order valence-corrected chi connectivity index (χ0v) is 18.4. The fraction of sp³-hybridized carbons (Fsp3) is 0.750. The van der Waals surface area contributed by atoms with Crippen molar-refractivity contribution in [1.29, 1.82) is 0 Å². The van der Waals surface area contributed by atoms with Crippen molar-refractivity contribution in [3.63, 3.8) is 0 Å². The first-order valence-electron chi connectivity index (χ1n) is 11.6. The summed E-state index contributed by atoms with van der Waals surface area (Å²) in [5.41, 5.74) is 0.947. The molecule has 0 bridgehead atoms. The van der Waals surface area contributed by atoms with E-state index in [0.717, 1.165) is 36.2 Å². The van der Waals surface area contributed by atoms with Crippen LogP contribution in [0.25, 0.3) is 0 Å². The number of unbranched alkanes of at least 4 members (excludes halogenated alkanes) is 2. The molecular formula is C24H38F2Si. The Morgan fingerprint density at radius 2 is 1.59 bits per heavy atom. The number of benzene rings is 1. The van der Waals surface area contributed by atoms with Crippen LogP contribution in [0, 0.1) is 29.4 Å². The van der Waals surface area contributed by atoms with E-state index in [1.807, 2.05) is 0 Å². The Morgan fingerprint density at radius 3 is 2.26 bits per heavy atom. The number of hydrogen-bond donors (Lipinski definition) is 0. The second kappa shape index (κ2) is 10.7. The molecule has 152 valence electrons. The van der Waals surface area contributed by atoms with Gasteiger partial charge in [-0.2, -0.15) is 0 Å². The van der Waals surface area contributed by atoms with E-state index in [1.54, 1.807) is 24.2 Å². The van der Waals surface area contributed by atoms with Crippen LogP contribution >= 0.6 is 0 Å². The molecule has 1 heterocycles. The van der Waals surface area contributed by atoms with Gasteiger partial charge in [-0.05, 0) is 61.1 Å². The lowest BCUT2D eigenvalue weighted by Gasteiger charge is -2.37. The quantitative estimate of drug-likeness (QED) is 0.317. The van der Waals surface area contributed by atoms with Crippen LogP contribution in [-0.4, -0.2) is 8.80 Å². The smallest absolute Gasteiger partial charge is 0.159 e. The van der Waals surface area contributed by atoms with E-state index in [1.165, 1.54) is 69.9 Å². The van der Waals surface area contributed by atoms with Crippen LogP contribution < -0.4 is 0 Å². The number of hydrogen-bond acceptors (Lipinski definition) is 0. The maximum Gasteiger partial charge on any atom is 0.159 e. The zero-order valence-electron chi connectivity index (χ0n) is 17.2. The van der Waals surface area contributed by atoms with Crippen molar-refractivity contribution in [3.05, 3.63) is 35.4 Å². The minimum Gasteiger partial charge on any atom is -0.204 e. The molecule has 1 aromatic rings. The molecule has 1 aromatic carbocycles. The van der Waals surface area contributed by atoms with Gasteiger partial charge in [-0.25, -0.2) is 8.78 Å². The van der Waals surface area contributed by atoms with E-state index >= 15 is 0 Å². The van der Waals surface area contributed by atoms with Crippen molar-refractivity contribution >= 4 is 8.80 Å². The summed E-state index contributed by atoms with van der Waals surface area (Å²) in [7, 11) is -0.374. The highest BCUT2D eigenvalue weighted by Crippen LogP contribution is 2.42. The molecule has 1 saturated carbocycles. The van der Waals surface area contributed by atoms with Crippen molar-refractivity contribution in [1.82, 2.24) is 0 Å². The predicted octanol–water partition coefficient (Wildman–Crippen LogP) is 7.53. The summed E-state index contributed by atoms with van der Waals surface area (Å²) < 4.78 is 26.4. The van der Waals surface area contributed by atoms with Gasteiger partial charge >= 0.3 is 0 Å². The number of rotatable bonds is 8. The SMILES string of the molecule is CCCCC[Si@H]1CC[C@H](C2CCC(CCc3ccc(F)c(F)c3)CC2)CC1. The van der Waals surface area contributed by atoms with Gasteiger partial charge < -0.3 is 0 Å². The molecule has 27 heavy (non-hydrogen) atoms. The monoisotopic (exact) mass is 392 g/mol. The highest BCUT2D eigenvalue weighted by molar-refractivity contribution is 6.58. The largest absolute Gasteiger partial charge is 0.204 e. The molecule has 0 radical (unpaired) electrons. The van der Waals surface area contributed by atoms with Gasteiger partial charge in [0.25, 0.3) is 0 Å². The summed E-state index contributed by atoms with van der Waals surface area (Å²) in [5, 5.41) is 0. The van der Waals surface area contributed by atoms with E-state index in [9.17, 15) is 8.78 Å². The van der Waals surface area contributed by atoms with Crippen LogP contribution in [0.3, 0.4) is 0 Å². The number of aryl methyl sites for hydroxylation is 1. The first kappa shape index (κ1) is 21.0. The van der Waals surface area contributed by atoms with Gasteiger partial charge in [-0.15, -0.1) is 0 Å². The van der Waals surface area contributed by atoms with Crippen molar-refractivity contribution in [2.45, 2.75) is 95.7 Å². The van der Waals surface area contributed by atoms with Crippen LogP contribution in [0.5, 0.6) is 0 Å². The average Bonchev–Trinajstić information content (AvgIpc) is 2.70. The summed E-state index contributed by atoms with van der Waals surface area (Å²) in [5.74, 6) is 1.35. The molecule has 0 spiro atoms. The van der Waals surface area contributed by atoms with E-state index in [2.05, 4.69) is 6.92 Å². The molecular weight excluding hydrogens is 354 g/mol. The second-order valence-corrected chi connectivity index (χ2v) is 12.8. The normalized spacial score (nSPS) is 29.0. The minimum absolute atomic E-state index is 0.374. The lowest BCUT2D eigenvalue weighted by molar-refractivity contribution is 0.186. The maximum atomic E-state index is 13.3. The molecule has 3 heteroatoms. The molecule has 2 fully saturated rings. The third-order valence-electron chi connectivity index (χ3n) is 7.49. The molecule has 0 unspecified atom stereocenters. The van der Waals surface area contributed by atoms with Crippen molar-refractivity contribution in [2.24, 2.45) is 17.8 Å². The third kappa shape index (κ3) is 6.41. The summed E-state index contributed by atoms with van der Waals surface area (Å²) in [4.78, 5) is 0. The molecule has 0 nitrogen and oxygen atoms in total. The molecule has 0 atom stereocenters. The van der Waals surface area contributed by atoms with Crippen LogP contribution in [0.15, 0.2) is 18.2 Å². The van der Waals surface area contributed by atoms with Gasteiger partial charge in [-0.1, -0.05) is 76.1 Å². The van der Waals surface area contributed by atoms with Gasteiger partial charge in [0.2, 0.25) is 0 Å². The van der Waals surface area contributed by atoms with E-state index in [4.69, 9.17) is 0 Å². The Balaban J connectivity index is 1.34. The van der Waals surface area contributed by atoms with Crippen LogP contribution in [0.1, 0.15) is 76.7 Å². The summed E-state index contributed by atoms with van der Waals surface area (Å²) >= 11 is 0. The molecule has 3 rings (SSSR count). The molecule has 1 aliphatic carbocycles. The third-order valence-corrected chi connectivity index (χ3v) is 11.0. The summed E-state index contributed by atoms with van der Waals surface area (Å²) in [6.07, 6.45) is 14.9. The van der Waals surface area contributed by atoms with Gasteiger partial charge in [0.05, 0.1) is 0 Å². The highest BCUT2D eigenvalue weighted by atomic mass is 28.3. The van der Waals surface area contributed by atoms with Gasteiger partial charge in [-0.3, -0.25) is 0 Å². The Morgan fingerprint density at radius 1 is 0.889 bits per heavy atom. The van der Waals surface area contributed by atoms with E-state index in [-0.39, 0.29) is 8.80 Å². The van der Waals surface area contributed by atoms with Gasteiger partial charge in [0, 0.05) is 8.80 Å². The van der Waals surface area contributed by atoms with Crippen molar-refractivity contribution in [2.75, 3.05) is 0 Å². The topological polar surface area (TPSA) is 0 Å². The fourth-order valence-electron chi connectivity index (χ4n) is 5.65. The summed E-state index contributed by atoms with van der Waals surface area (Å²) in [6.45, 7) is 2.31. The number of halogens is 2. The second-order valence-electron chi connectivity index (χ2n) is 9.34. The first-order valence-corrected chi connectivity index (χ1v) is 14.0. The predicted molar refractivity (Wildman–Crippen MR) is 114 cm³/mol. The van der Waals surface area contributed by atoms with Crippen LogP contribution in [0.2, 0.25) is 18.1 Å².